The maximum Gasteiger partial charge on any atom is 0.253 e. The molecule has 2 aromatic rings. The van der Waals surface area contributed by atoms with Gasteiger partial charge in [-0.15, -0.1) is 0 Å². The van der Waals surface area contributed by atoms with Crippen molar-refractivity contribution in [1.82, 2.24) is 46.0 Å². The number of hydrogen-bond donors (Lipinski definition) is 7. The summed E-state index contributed by atoms with van der Waals surface area (Å²) in [6.07, 6.45) is 13.2. The molecule has 10 rings (SSSR count). The Hall–Kier alpha value is -5.15. The zero-order valence-corrected chi connectivity index (χ0v) is 48.3. The molecule has 5 aliphatic heterocycles. The van der Waals surface area contributed by atoms with Crippen LogP contribution in [0.25, 0.3) is 0 Å². The summed E-state index contributed by atoms with van der Waals surface area (Å²) in [7, 11) is -1.82. The molecular weight excluding hydrogens is 1060 g/mol. The number of aryl methyl sites for hydroxylation is 1. The number of piperidine rings is 2. The molecule has 80 heavy (non-hydrogen) atoms. The van der Waals surface area contributed by atoms with E-state index in [1.165, 1.54) is 5.56 Å². The summed E-state index contributed by atoms with van der Waals surface area (Å²) in [5, 5.41) is 21.7. The lowest BCUT2D eigenvalue weighted by molar-refractivity contribution is -0.143. The molecule has 0 aromatic heterocycles. The van der Waals surface area contributed by atoms with Crippen LogP contribution in [0.5, 0.6) is 0 Å². The lowest BCUT2D eigenvalue weighted by Gasteiger charge is -2.39. The summed E-state index contributed by atoms with van der Waals surface area (Å²) >= 11 is 6.44. The van der Waals surface area contributed by atoms with Gasteiger partial charge in [0.2, 0.25) is 45.5 Å². The van der Waals surface area contributed by atoms with Gasteiger partial charge in [-0.1, -0.05) is 62.1 Å². The summed E-state index contributed by atoms with van der Waals surface area (Å²) in [6.45, 7) is 6.55. The number of anilines is 1. The van der Waals surface area contributed by atoms with Crippen LogP contribution in [0.15, 0.2) is 36.4 Å². The van der Waals surface area contributed by atoms with Gasteiger partial charge < -0.3 is 47.0 Å². The number of carbonyl (C=O) groups is 7. The third-order valence-electron chi connectivity index (χ3n) is 19.2. The van der Waals surface area contributed by atoms with Crippen molar-refractivity contribution in [1.29, 1.82) is 0 Å². The number of carbonyl (C=O) groups excluding carboxylic acids is 7. The maximum atomic E-state index is 14.8. The zero-order valence-electron chi connectivity index (χ0n) is 46.7. The summed E-state index contributed by atoms with van der Waals surface area (Å²) < 4.78 is 29.7. The molecule has 7 N–H and O–H groups in total. The minimum Gasteiger partial charge on any atom is -0.356 e. The Bertz CT molecular complexity index is 2770. The summed E-state index contributed by atoms with van der Waals surface area (Å²) in [4.78, 5) is 99.1. The van der Waals surface area contributed by atoms with E-state index in [-0.39, 0.29) is 119 Å². The van der Waals surface area contributed by atoms with Crippen LogP contribution < -0.4 is 37.2 Å². The van der Waals surface area contributed by atoms with Gasteiger partial charge in [-0.05, 0) is 170 Å². The van der Waals surface area contributed by atoms with Crippen LogP contribution in [0.2, 0.25) is 5.02 Å². The third kappa shape index (κ3) is 13.2. The largest absolute Gasteiger partial charge is 0.356 e. The zero-order chi connectivity index (χ0) is 56.4. The number of amides is 7. The van der Waals surface area contributed by atoms with Crippen molar-refractivity contribution in [3.05, 3.63) is 63.7 Å². The number of likely N-dealkylation sites (N-methyl/N-ethyl adjacent to an activating group) is 1. The monoisotopic (exact) mass is 1140 g/mol. The van der Waals surface area contributed by atoms with Gasteiger partial charge >= 0.3 is 0 Å². The number of nitrogens with one attached hydrogen (secondary N) is 7. The number of likely N-dealkylation sites (tertiary alicyclic amines) is 2. The molecule has 0 radical (unpaired) electrons. The van der Waals surface area contributed by atoms with Crippen molar-refractivity contribution in [2.45, 2.75) is 178 Å². The third-order valence-corrected chi connectivity index (χ3v) is 21.6. The maximum absolute atomic E-state index is 14.8. The fourth-order valence-electron chi connectivity index (χ4n) is 14.4. The molecule has 4 saturated heterocycles. The van der Waals surface area contributed by atoms with Crippen LogP contribution in [0.4, 0.5) is 5.69 Å². The second kappa shape index (κ2) is 25.1. The van der Waals surface area contributed by atoms with E-state index >= 15 is 0 Å². The number of hydrogen-bond acceptors (Lipinski definition) is 11. The van der Waals surface area contributed by atoms with E-state index in [0.717, 1.165) is 114 Å². The van der Waals surface area contributed by atoms with Gasteiger partial charge in [-0.3, -0.25) is 33.6 Å². The highest BCUT2D eigenvalue weighted by Gasteiger charge is 2.51. The summed E-state index contributed by atoms with van der Waals surface area (Å²) in [5.74, 6) is -2.36. The highest BCUT2D eigenvalue weighted by molar-refractivity contribution is 7.89. The van der Waals surface area contributed by atoms with Crippen molar-refractivity contribution in [2.75, 3.05) is 50.8 Å². The Balaban J connectivity index is 0.660. The van der Waals surface area contributed by atoms with Crippen LogP contribution in [-0.2, 0) is 51.6 Å². The first-order valence-electron chi connectivity index (χ1n) is 29.9. The molecule has 19 nitrogen and oxygen atoms in total. The molecule has 21 heteroatoms. The topological polar surface area (TPSA) is 248 Å². The van der Waals surface area contributed by atoms with Gasteiger partial charge in [0.1, 0.15) is 12.1 Å². The molecule has 0 spiro atoms. The van der Waals surface area contributed by atoms with E-state index in [2.05, 4.69) is 54.3 Å². The Morgan fingerprint density at radius 2 is 1.54 bits per heavy atom. The van der Waals surface area contributed by atoms with E-state index in [1.54, 1.807) is 35.3 Å². The molecular formula is C59H83ClN10O9S. The van der Waals surface area contributed by atoms with E-state index in [0.29, 0.717) is 37.1 Å². The van der Waals surface area contributed by atoms with Crippen molar-refractivity contribution >= 4 is 68.7 Å². The molecule has 436 valence electrons. The average molecular weight is 1140 g/mol. The van der Waals surface area contributed by atoms with Crippen LogP contribution in [0, 0.1) is 29.6 Å². The second-order valence-electron chi connectivity index (χ2n) is 24.6. The van der Waals surface area contributed by atoms with Gasteiger partial charge in [0.25, 0.3) is 5.91 Å². The Kier molecular flexibility index (Phi) is 18.2. The number of sulfonamides is 1. The Morgan fingerprint density at radius 3 is 2.27 bits per heavy atom. The lowest BCUT2D eigenvalue weighted by atomic mass is 9.83. The molecule has 6 fully saturated rings. The molecule has 5 heterocycles. The average Bonchev–Trinajstić information content (AvgIpc) is 3.89. The van der Waals surface area contributed by atoms with Crippen LogP contribution in [0.3, 0.4) is 0 Å². The molecule has 7 amide bonds. The highest BCUT2D eigenvalue weighted by atomic mass is 35.5. The van der Waals surface area contributed by atoms with E-state index in [4.69, 9.17) is 11.6 Å². The van der Waals surface area contributed by atoms with Crippen LogP contribution >= 0.6 is 11.6 Å². The normalized spacial score (nSPS) is 28.1. The molecule has 8 aliphatic rings. The van der Waals surface area contributed by atoms with Crippen molar-refractivity contribution in [2.24, 2.45) is 29.6 Å². The smallest absolute Gasteiger partial charge is 0.253 e. The van der Waals surface area contributed by atoms with Gasteiger partial charge in [0, 0.05) is 54.8 Å². The van der Waals surface area contributed by atoms with Gasteiger partial charge in [-0.25, -0.2) is 8.42 Å². The van der Waals surface area contributed by atoms with E-state index in [9.17, 15) is 42.0 Å². The quantitative estimate of drug-likeness (QED) is 0.0920. The SMILES string of the molecule is CN[C@@H](C)C(=O)N[C@H](C(=O)N1C[C@@H](NC(=O)C(C)C2CC2C(=O)NCCCN2CCC(CS(=O)(=O)N3[C@@H]4CC[C@H]3CC(NC(=O)c3cc5c(cc3Cl)NC(=O)C5)C4)CC2)C[C@H]1C(=O)N[C@@H]1CCCc2ccccc21)C1CCCCC1. The van der Waals surface area contributed by atoms with Gasteiger partial charge in [0.05, 0.1) is 34.8 Å². The predicted octanol–water partition coefficient (Wildman–Crippen LogP) is 4.33. The molecule has 3 aliphatic carbocycles. The van der Waals surface area contributed by atoms with Crippen molar-refractivity contribution < 1.29 is 42.0 Å². The number of nitrogens with zero attached hydrogens (tertiary/aromatic N) is 3. The molecule has 2 aromatic carbocycles. The molecule has 11 atom stereocenters. The summed E-state index contributed by atoms with van der Waals surface area (Å²) in [5.41, 5.74) is 3.96. The van der Waals surface area contributed by atoms with Crippen LogP contribution in [0.1, 0.15) is 150 Å². The molecule has 2 bridgehead atoms. The summed E-state index contributed by atoms with van der Waals surface area (Å²) in [6, 6.07) is 8.05. The van der Waals surface area contributed by atoms with E-state index < -0.39 is 40.1 Å². The first-order chi connectivity index (χ1) is 38.4. The highest BCUT2D eigenvalue weighted by Crippen LogP contribution is 2.45. The fraction of sp³-hybridized carbons (Fsp3) is 0.678. The number of halogens is 1. The lowest BCUT2D eigenvalue weighted by Crippen LogP contribution is -2.58. The molecule has 4 unspecified atom stereocenters. The first-order valence-corrected chi connectivity index (χ1v) is 31.8. The van der Waals surface area contributed by atoms with Gasteiger partial charge in [0.15, 0.2) is 0 Å². The predicted molar refractivity (Wildman–Crippen MR) is 304 cm³/mol. The van der Waals surface area contributed by atoms with Gasteiger partial charge in [-0.2, -0.15) is 4.31 Å². The van der Waals surface area contributed by atoms with E-state index in [1.807, 2.05) is 19.1 Å². The minimum atomic E-state index is -3.52. The Morgan fingerprint density at radius 1 is 0.800 bits per heavy atom. The first kappa shape index (κ1) is 58.1. The number of benzene rings is 2. The van der Waals surface area contributed by atoms with Crippen molar-refractivity contribution in [3.63, 3.8) is 0 Å². The van der Waals surface area contributed by atoms with Crippen molar-refractivity contribution in [3.8, 4) is 0 Å². The number of rotatable bonds is 20. The van der Waals surface area contributed by atoms with Crippen LogP contribution in [-0.4, -0.2) is 152 Å². The number of fused-ring (bicyclic) bond motifs is 4. The second-order valence-corrected chi connectivity index (χ2v) is 26.9. The Labute approximate surface area is 476 Å². The minimum absolute atomic E-state index is 0.0493. The fourth-order valence-corrected chi connectivity index (χ4v) is 17.1. The molecule has 2 saturated carbocycles. The standard InChI is InChI=1S/C59H83ClN10O9S/c1-34(54(72)64-41-29-51(58(76)66-49-16-9-14-37-11-7-8-15-44(37)49)69(32-41)59(77)53(38-12-5-4-6-13-38)67-55(73)35(2)61-3)45-30-46(45)56(74)62-21-10-22-68-23-19-36(20-24-68)33-80(78,79)70-42-17-18-43(70)28-40(27-42)63-57(75)47-25-39-26-52(71)65-50(39)31-48(47)60/h7-8,11,15,25,31,34-36,38,40-43,45-46,49,51,53,61H,4-6,9-10,12-14,16-24,26-30,32-33H2,1-3H3,(H,62,74)(H,63,75)(H,64,72)(H,65,71)(H,66,76)(H,67,73)/t34?,35-,40?,41-,42-,43+,45?,46?,49+,51-,53-/m0/s1.